The number of rotatable bonds is 2. The summed E-state index contributed by atoms with van der Waals surface area (Å²) in [5.74, 6) is -1.51. The normalized spacial score (nSPS) is 17.7. The maximum Gasteiger partial charge on any atom is 0.261 e. The molecule has 0 bridgehead atoms. The minimum atomic E-state index is -0.797. The fourth-order valence-electron chi connectivity index (χ4n) is 2.78. The standard InChI is InChI=1S/C18H11F2NO4/c19-12-2-1-10(14(20)7-12)5-11-6-17(22)21(18(11)23)13-3-4-15-16(8-13)25-9-24-15/h1-5,7-8H,6,9H2/b11-5+. The van der Waals surface area contributed by atoms with Crippen molar-refractivity contribution in [3.63, 3.8) is 0 Å². The van der Waals surface area contributed by atoms with E-state index in [0.29, 0.717) is 17.2 Å². The van der Waals surface area contributed by atoms with E-state index in [1.54, 1.807) is 18.2 Å². The number of carbonyl (C=O) groups excluding carboxylic acids is 2. The van der Waals surface area contributed by atoms with Crippen LogP contribution in [0.3, 0.4) is 0 Å². The third-order valence-corrected chi connectivity index (χ3v) is 3.98. The number of ether oxygens (including phenoxy) is 2. The van der Waals surface area contributed by atoms with E-state index in [-0.39, 0.29) is 24.4 Å². The summed E-state index contributed by atoms with van der Waals surface area (Å²) < 4.78 is 37.2. The first-order chi connectivity index (χ1) is 12.0. The number of carbonyl (C=O) groups is 2. The largest absolute Gasteiger partial charge is 0.454 e. The van der Waals surface area contributed by atoms with E-state index in [0.717, 1.165) is 17.0 Å². The van der Waals surface area contributed by atoms with E-state index in [4.69, 9.17) is 9.47 Å². The molecule has 5 nitrogen and oxygen atoms in total. The highest BCUT2D eigenvalue weighted by molar-refractivity contribution is 6.29. The van der Waals surface area contributed by atoms with E-state index in [1.165, 1.54) is 12.1 Å². The van der Waals surface area contributed by atoms with Crippen molar-refractivity contribution in [2.24, 2.45) is 0 Å². The molecule has 2 heterocycles. The van der Waals surface area contributed by atoms with Gasteiger partial charge in [0.05, 0.1) is 12.1 Å². The van der Waals surface area contributed by atoms with Crippen molar-refractivity contribution >= 4 is 23.6 Å². The molecule has 0 radical (unpaired) electrons. The molecular weight excluding hydrogens is 332 g/mol. The Hall–Kier alpha value is -3.22. The molecule has 0 N–H and O–H groups in total. The highest BCUT2D eigenvalue weighted by atomic mass is 19.1. The number of nitrogens with zero attached hydrogens (tertiary/aromatic N) is 1. The molecule has 7 heteroatoms. The van der Waals surface area contributed by atoms with Crippen molar-refractivity contribution in [3.05, 3.63) is 59.2 Å². The fraction of sp³-hybridized carbons (Fsp3) is 0.111. The summed E-state index contributed by atoms with van der Waals surface area (Å²) in [5, 5.41) is 0. The van der Waals surface area contributed by atoms with Crippen LogP contribution in [0.4, 0.5) is 14.5 Å². The first kappa shape index (κ1) is 15.3. The van der Waals surface area contributed by atoms with Gasteiger partial charge in [0.15, 0.2) is 11.5 Å². The lowest BCUT2D eigenvalue weighted by molar-refractivity contribution is -0.120. The van der Waals surface area contributed by atoms with Crippen molar-refractivity contribution in [3.8, 4) is 11.5 Å². The second-order valence-corrected chi connectivity index (χ2v) is 5.58. The van der Waals surface area contributed by atoms with Crippen LogP contribution in [0.5, 0.6) is 11.5 Å². The van der Waals surface area contributed by atoms with Gasteiger partial charge in [0.2, 0.25) is 12.7 Å². The summed E-state index contributed by atoms with van der Waals surface area (Å²) in [5.41, 5.74) is 0.528. The van der Waals surface area contributed by atoms with Gasteiger partial charge < -0.3 is 9.47 Å². The smallest absolute Gasteiger partial charge is 0.261 e. The number of hydrogen-bond acceptors (Lipinski definition) is 4. The third-order valence-electron chi connectivity index (χ3n) is 3.98. The number of anilines is 1. The Bertz CT molecular complexity index is 939. The van der Waals surface area contributed by atoms with E-state index >= 15 is 0 Å². The van der Waals surface area contributed by atoms with Gasteiger partial charge in [-0.1, -0.05) is 0 Å². The van der Waals surface area contributed by atoms with Gasteiger partial charge in [-0.05, 0) is 30.3 Å². The summed E-state index contributed by atoms with van der Waals surface area (Å²) >= 11 is 0. The number of hydrogen-bond donors (Lipinski definition) is 0. The van der Waals surface area contributed by atoms with Crippen LogP contribution >= 0.6 is 0 Å². The minimum absolute atomic E-state index is 0.0464. The van der Waals surface area contributed by atoms with E-state index < -0.39 is 23.4 Å². The topological polar surface area (TPSA) is 55.8 Å². The number of halogens is 2. The molecule has 25 heavy (non-hydrogen) atoms. The van der Waals surface area contributed by atoms with Crippen molar-refractivity contribution in [1.29, 1.82) is 0 Å². The van der Waals surface area contributed by atoms with Crippen LogP contribution in [0.1, 0.15) is 12.0 Å². The molecule has 0 aliphatic carbocycles. The molecule has 2 aliphatic heterocycles. The lowest BCUT2D eigenvalue weighted by Crippen LogP contribution is -2.28. The second-order valence-electron chi connectivity index (χ2n) is 5.58. The lowest BCUT2D eigenvalue weighted by atomic mass is 10.1. The molecule has 0 atom stereocenters. The second kappa shape index (κ2) is 5.70. The average molecular weight is 343 g/mol. The fourth-order valence-corrected chi connectivity index (χ4v) is 2.78. The Kier molecular flexibility index (Phi) is 3.49. The molecule has 126 valence electrons. The molecule has 4 rings (SSSR count). The first-order valence-corrected chi connectivity index (χ1v) is 7.45. The summed E-state index contributed by atoms with van der Waals surface area (Å²) in [6.45, 7) is 0.0790. The van der Waals surface area contributed by atoms with E-state index in [2.05, 4.69) is 0 Å². The predicted octanol–water partition coefficient (Wildman–Crippen LogP) is 3.04. The summed E-state index contributed by atoms with van der Waals surface area (Å²) in [6, 6.07) is 7.76. The van der Waals surface area contributed by atoms with Gasteiger partial charge in [-0.2, -0.15) is 0 Å². The Labute approximate surface area is 141 Å². The Balaban J connectivity index is 1.67. The number of benzene rings is 2. The van der Waals surface area contributed by atoms with Gasteiger partial charge >= 0.3 is 0 Å². The van der Waals surface area contributed by atoms with Crippen LogP contribution < -0.4 is 14.4 Å². The SMILES string of the molecule is O=C1C/C(=C\c2ccc(F)cc2F)C(=O)N1c1ccc2c(c1)OCO2. The highest BCUT2D eigenvalue weighted by Crippen LogP contribution is 2.37. The zero-order valence-corrected chi connectivity index (χ0v) is 12.8. The Morgan fingerprint density at radius 2 is 1.80 bits per heavy atom. The molecule has 1 saturated heterocycles. The quantitative estimate of drug-likeness (QED) is 0.621. The van der Waals surface area contributed by atoms with Crippen LogP contribution in [-0.2, 0) is 9.59 Å². The molecular formula is C18H11F2NO4. The number of imide groups is 1. The van der Waals surface area contributed by atoms with Gasteiger partial charge in [0.25, 0.3) is 5.91 Å². The van der Waals surface area contributed by atoms with Crippen LogP contribution in [-0.4, -0.2) is 18.6 Å². The Morgan fingerprint density at radius 3 is 2.60 bits per heavy atom. The van der Waals surface area contributed by atoms with Crippen molar-refractivity contribution in [2.45, 2.75) is 6.42 Å². The number of fused-ring (bicyclic) bond motifs is 1. The highest BCUT2D eigenvalue weighted by Gasteiger charge is 2.35. The van der Waals surface area contributed by atoms with Crippen LogP contribution in [0.2, 0.25) is 0 Å². The molecule has 1 fully saturated rings. The van der Waals surface area contributed by atoms with Crippen molar-refractivity contribution in [1.82, 2.24) is 0 Å². The molecule has 2 aromatic carbocycles. The van der Waals surface area contributed by atoms with Crippen LogP contribution in [0.15, 0.2) is 42.0 Å². The minimum Gasteiger partial charge on any atom is -0.454 e. The van der Waals surface area contributed by atoms with Crippen LogP contribution in [0.25, 0.3) is 6.08 Å². The third kappa shape index (κ3) is 2.63. The zero-order chi connectivity index (χ0) is 17.6. The zero-order valence-electron chi connectivity index (χ0n) is 12.8. The monoisotopic (exact) mass is 343 g/mol. The molecule has 2 aromatic rings. The maximum atomic E-state index is 13.8. The molecule has 0 unspecified atom stereocenters. The van der Waals surface area contributed by atoms with Gasteiger partial charge in [0.1, 0.15) is 11.6 Å². The van der Waals surface area contributed by atoms with Gasteiger partial charge in [-0.25, -0.2) is 13.7 Å². The van der Waals surface area contributed by atoms with E-state index in [9.17, 15) is 18.4 Å². The van der Waals surface area contributed by atoms with Crippen LogP contribution in [0, 0.1) is 11.6 Å². The van der Waals surface area contributed by atoms with Gasteiger partial charge in [-0.15, -0.1) is 0 Å². The van der Waals surface area contributed by atoms with Gasteiger partial charge in [0, 0.05) is 23.3 Å². The van der Waals surface area contributed by atoms with Crippen molar-refractivity contribution < 1.29 is 27.8 Å². The molecule has 0 spiro atoms. The Morgan fingerprint density at radius 1 is 1.00 bits per heavy atom. The van der Waals surface area contributed by atoms with E-state index in [1.807, 2.05) is 0 Å². The van der Waals surface area contributed by atoms with Gasteiger partial charge in [-0.3, -0.25) is 9.59 Å². The molecule has 0 aromatic heterocycles. The molecule has 2 amide bonds. The molecule has 0 saturated carbocycles. The predicted molar refractivity (Wildman–Crippen MR) is 84.0 cm³/mol. The lowest BCUT2D eigenvalue weighted by Gasteiger charge is -2.13. The number of amides is 2. The first-order valence-electron chi connectivity index (χ1n) is 7.45. The summed E-state index contributed by atoms with van der Waals surface area (Å²) in [4.78, 5) is 25.8. The summed E-state index contributed by atoms with van der Waals surface area (Å²) in [7, 11) is 0. The molecule has 2 aliphatic rings. The average Bonchev–Trinajstić information content (AvgIpc) is 3.14. The maximum absolute atomic E-state index is 13.8. The summed E-state index contributed by atoms with van der Waals surface area (Å²) in [6.07, 6.45) is 1.10. The van der Waals surface area contributed by atoms with Crippen molar-refractivity contribution in [2.75, 3.05) is 11.7 Å².